The van der Waals surface area contributed by atoms with Gasteiger partial charge in [0.25, 0.3) is 0 Å². The second-order valence-electron chi connectivity index (χ2n) is 4.97. The van der Waals surface area contributed by atoms with Crippen molar-refractivity contribution in [3.8, 4) is 0 Å². The van der Waals surface area contributed by atoms with Crippen LogP contribution < -0.4 is 5.32 Å². The summed E-state index contributed by atoms with van der Waals surface area (Å²) in [7, 11) is -0.715. The number of nitrogens with one attached hydrogen (secondary N) is 1. The average Bonchev–Trinajstić information content (AvgIpc) is 2.37. The van der Waals surface area contributed by atoms with E-state index in [2.05, 4.69) is 12.2 Å². The van der Waals surface area contributed by atoms with Crippen LogP contribution in [0.2, 0.25) is 0 Å². The van der Waals surface area contributed by atoms with Gasteiger partial charge in [0.05, 0.1) is 0 Å². The molecule has 1 saturated carbocycles. The van der Waals surface area contributed by atoms with Gasteiger partial charge in [-0.2, -0.15) is 0 Å². The van der Waals surface area contributed by atoms with Crippen LogP contribution in [0.4, 0.5) is 0 Å². The van der Waals surface area contributed by atoms with Gasteiger partial charge in [-0.3, -0.25) is 4.21 Å². The number of aliphatic hydroxyl groups excluding tert-OH is 1. The summed E-state index contributed by atoms with van der Waals surface area (Å²) in [6.45, 7) is 3.26. The second-order valence-corrected chi connectivity index (χ2v) is 6.73. The van der Waals surface area contributed by atoms with E-state index >= 15 is 0 Å². The standard InChI is InChI=1S/C13H27NO2S/c1-2-9-14-12(8-10-15)11-17(16)13-6-4-3-5-7-13/h12-15H,2-11H2,1H3. The van der Waals surface area contributed by atoms with Crippen LogP contribution in [0.1, 0.15) is 51.9 Å². The normalized spacial score (nSPS) is 21.3. The first-order chi connectivity index (χ1) is 8.27. The molecule has 1 aliphatic carbocycles. The minimum atomic E-state index is -0.715. The molecule has 2 N–H and O–H groups in total. The zero-order valence-corrected chi connectivity index (χ0v) is 11.8. The lowest BCUT2D eigenvalue weighted by molar-refractivity contribution is 0.270. The van der Waals surface area contributed by atoms with Crippen molar-refractivity contribution in [3.05, 3.63) is 0 Å². The van der Waals surface area contributed by atoms with E-state index in [1.54, 1.807) is 0 Å². The smallest absolute Gasteiger partial charge is 0.0446 e. The molecule has 1 aliphatic rings. The van der Waals surface area contributed by atoms with Crippen molar-refractivity contribution >= 4 is 10.8 Å². The molecule has 1 rings (SSSR count). The fraction of sp³-hybridized carbons (Fsp3) is 1.00. The molecule has 4 heteroatoms. The molecule has 102 valence electrons. The van der Waals surface area contributed by atoms with Crippen LogP contribution in [0.15, 0.2) is 0 Å². The van der Waals surface area contributed by atoms with Gasteiger partial charge in [0, 0.05) is 34.5 Å². The zero-order chi connectivity index (χ0) is 12.5. The van der Waals surface area contributed by atoms with E-state index in [0.717, 1.165) is 32.2 Å². The SMILES string of the molecule is CCCNC(CCO)CS(=O)C1CCCCC1. The highest BCUT2D eigenvalue weighted by Crippen LogP contribution is 2.22. The van der Waals surface area contributed by atoms with E-state index in [-0.39, 0.29) is 12.6 Å². The lowest BCUT2D eigenvalue weighted by atomic mass is 10.0. The topological polar surface area (TPSA) is 49.3 Å². The van der Waals surface area contributed by atoms with Crippen LogP contribution in [-0.4, -0.2) is 39.5 Å². The molecule has 0 aromatic carbocycles. The van der Waals surface area contributed by atoms with Gasteiger partial charge in [0.2, 0.25) is 0 Å². The van der Waals surface area contributed by atoms with E-state index in [1.807, 2.05) is 0 Å². The summed E-state index contributed by atoms with van der Waals surface area (Å²) in [4.78, 5) is 0. The van der Waals surface area contributed by atoms with Crippen molar-refractivity contribution in [2.75, 3.05) is 18.9 Å². The Morgan fingerprint density at radius 1 is 1.35 bits per heavy atom. The Hall–Kier alpha value is 0.0700. The number of rotatable bonds is 8. The molecule has 3 nitrogen and oxygen atoms in total. The molecular formula is C13H27NO2S. The lowest BCUT2D eigenvalue weighted by Crippen LogP contribution is -2.38. The maximum atomic E-state index is 12.2. The maximum Gasteiger partial charge on any atom is 0.0446 e. The van der Waals surface area contributed by atoms with Gasteiger partial charge < -0.3 is 10.4 Å². The summed E-state index contributed by atoms with van der Waals surface area (Å²) >= 11 is 0. The minimum Gasteiger partial charge on any atom is -0.396 e. The first-order valence-electron chi connectivity index (χ1n) is 6.99. The largest absolute Gasteiger partial charge is 0.396 e. The van der Waals surface area contributed by atoms with Gasteiger partial charge in [-0.15, -0.1) is 0 Å². The van der Waals surface area contributed by atoms with E-state index < -0.39 is 10.8 Å². The third-order valence-corrected chi connectivity index (χ3v) is 5.40. The van der Waals surface area contributed by atoms with Crippen molar-refractivity contribution in [1.29, 1.82) is 0 Å². The molecule has 0 bridgehead atoms. The van der Waals surface area contributed by atoms with Crippen molar-refractivity contribution in [2.45, 2.75) is 63.2 Å². The highest BCUT2D eigenvalue weighted by atomic mass is 32.2. The van der Waals surface area contributed by atoms with Gasteiger partial charge >= 0.3 is 0 Å². The molecule has 0 radical (unpaired) electrons. The predicted molar refractivity (Wildman–Crippen MR) is 73.7 cm³/mol. The van der Waals surface area contributed by atoms with Crippen LogP contribution in [0.5, 0.6) is 0 Å². The van der Waals surface area contributed by atoms with Gasteiger partial charge in [-0.05, 0) is 32.2 Å². The van der Waals surface area contributed by atoms with Crippen LogP contribution in [0, 0.1) is 0 Å². The van der Waals surface area contributed by atoms with Crippen molar-refractivity contribution in [2.24, 2.45) is 0 Å². The second kappa shape index (κ2) is 9.06. The summed E-state index contributed by atoms with van der Waals surface area (Å²) < 4.78 is 12.2. The summed E-state index contributed by atoms with van der Waals surface area (Å²) in [5, 5.41) is 12.8. The van der Waals surface area contributed by atoms with Crippen LogP contribution in [0.3, 0.4) is 0 Å². The predicted octanol–water partition coefficient (Wildman–Crippen LogP) is 1.82. The Labute approximate surface area is 108 Å². The Balaban J connectivity index is 2.33. The van der Waals surface area contributed by atoms with Crippen molar-refractivity contribution in [1.82, 2.24) is 5.32 Å². The molecule has 0 amide bonds. The highest BCUT2D eigenvalue weighted by molar-refractivity contribution is 7.85. The lowest BCUT2D eigenvalue weighted by Gasteiger charge is -2.24. The fourth-order valence-electron chi connectivity index (χ4n) is 2.41. The highest BCUT2D eigenvalue weighted by Gasteiger charge is 2.22. The van der Waals surface area contributed by atoms with Crippen LogP contribution in [-0.2, 0) is 10.8 Å². The fourth-order valence-corrected chi connectivity index (χ4v) is 4.22. The number of hydrogen-bond acceptors (Lipinski definition) is 3. The van der Waals surface area contributed by atoms with Crippen LogP contribution >= 0.6 is 0 Å². The Kier molecular flexibility index (Phi) is 8.06. The van der Waals surface area contributed by atoms with Crippen molar-refractivity contribution in [3.63, 3.8) is 0 Å². The average molecular weight is 261 g/mol. The molecular weight excluding hydrogens is 234 g/mol. The first-order valence-corrected chi connectivity index (χ1v) is 8.37. The molecule has 0 aliphatic heterocycles. The van der Waals surface area contributed by atoms with E-state index in [4.69, 9.17) is 5.11 Å². The van der Waals surface area contributed by atoms with E-state index in [1.165, 1.54) is 19.3 Å². The molecule has 2 atom stereocenters. The van der Waals surface area contributed by atoms with E-state index in [0.29, 0.717) is 11.0 Å². The van der Waals surface area contributed by atoms with Gasteiger partial charge in [-0.1, -0.05) is 26.2 Å². The van der Waals surface area contributed by atoms with E-state index in [9.17, 15) is 4.21 Å². The summed E-state index contributed by atoms with van der Waals surface area (Å²) in [6, 6.07) is 0.225. The monoisotopic (exact) mass is 261 g/mol. The first kappa shape index (κ1) is 15.1. The Morgan fingerprint density at radius 2 is 2.06 bits per heavy atom. The van der Waals surface area contributed by atoms with Gasteiger partial charge in [-0.25, -0.2) is 0 Å². The van der Waals surface area contributed by atoms with Gasteiger partial charge in [0.1, 0.15) is 0 Å². The minimum absolute atomic E-state index is 0.184. The molecule has 0 aromatic heterocycles. The Bertz CT molecular complexity index is 217. The summed E-state index contributed by atoms with van der Waals surface area (Å²) in [5.41, 5.74) is 0. The number of hydrogen-bond donors (Lipinski definition) is 2. The molecule has 1 fully saturated rings. The molecule has 0 saturated heterocycles. The summed E-state index contributed by atoms with van der Waals surface area (Å²) in [6.07, 6.45) is 7.85. The van der Waals surface area contributed by atoms with Crippen LogP contribution in [0.25, 0.3) is 0 Å². The Morgan fingerprint density at radius 3 is 2.65 bits per heavy atom. The molecule has 0 heterocycles. The molecule has 0 aromatic rings. The molecule has 17 heavy (non-hydrogen) atoms. The number of aliphatic hydroxyl groups is 1. The summed E-state index contributed by atoms with van der Waals surface area (Å²) in [5.74, 6) is 0.714. The maximum absolute atomic E-state index is 12.2. The van der Waals surface area contributed by atoms with Crippen molar-refractivity contribution < 1.29 is 9.32 Å². The third-order valence-electron chi connectivity index (χ3n) is 3.45. The molecule has 0 spiro atoms. The quantitative estimate of drug-likeness (QED) is 0.701. The third kappa shape index (κ3) is 5.98. The van der Waals surface area contributed by atoms with Gasteiger partial charge in [0.15, 0.2) is 0 Å². The zero-order valence-electron chi connectivity index (χ0n) is 11.0. The molecule has 2 unspecified atom stereocenters.